The van der Waals surface area contributed by atoms with Crippen LogP contribution in [0.15, 0.2) is 134 Å². The smallest absolute Gasteiger partial charge is 0.408 e. The number of alkyl carbamates (subject to hydrolysis) is 1. The number of nitrogens with zero attached hydrogens (tertiary/aromatic N) is 2. The van der Waals surface area contributed by atoms with Crippen molar-refractivity contribution >= 4 is 18.0 Å². The molecule has 0 aliphatic carbocycles. The summed E-state index contributed by atoms with van der Waals surface area (Å²) < 4.78 is 7.50. The van der Waals surface area contributed by atoms with Crippen LogP contribution < -0.4 is 10.6 Å². The highest BCUT2D eigenvalue weighted by molar-refractivity contribution is 5.89. The first-order valence-electron chi connectivity index (χ1n) is 16.8. The second kappa shape index (κ2) is 16.1. The minimum Gasteiger partial charge on any atom is -0.480 e. The van der Waals surface area contributed by atoms with Crippen molar-refractivity contribution < 1.29 is 24.2 Å². The quantitative estimate of drug-likeness (QED) is 0.112. The summed E-state index contributed by atoms with van der Waals surface area (Å²) in [5.74, 6) is -1.76. The van der Waals surface area contributed by atoms with E-state index in [0.29, 0.717) is 12.8 Å². The van der Waals surface area contributed by atoms with Crippen LogP contribution >= 0.6 is 0 Å². The van der Waals surface area contributed by atoms with Crippen molar-refractivity contribution in [1.82, 2.24) is 20.2 Å². The molecule has 0 fully saturated rings. The van der Waals surface area contributed by atoms with Gasteiger partial charge in [-0.1, -0.05) is 121 Å². The number of ether oxygens (including phenoxy) is 1. The first-order chi connectivity index (χ1) is 24.1. The predicted molar refractivity (Wildman–Crippen MR) is 193 cm³/mol. The van der Waals surface area contributed by atoms with Crippen LogP contribution in [0.5, 0.6) is 0 Å². The number of carbonyl (C=O) groups is 3. The zero-order valence-electron chi connectivity index (χ0n) is 28.7. The fraction of sp³-hybridized carbons (Fsp3) is 0.268. The van der Waals surface area contributed by atoms with Crippen molar-refractivity contribution in [2.24, 2.45) is 0 Å². The molecular weight excluding hydrogens is 628 g/mol. The largest absolute Gasteiger partial charge is 0.480 e. The number of benzene rings is 4. The van der Waals surface area contributed by atoms with Crippen LogP contribution in [0.4, 0.5) is 4.79 Å². The van der Waals surface area contributed by atoms with Crippen molar-refractivity contribution in [3.05, 3.63) is 162 Å². The predicted octanol–water partition coefficient (Wildman–Crippen LogP) is 6.75. The maximum atomic E-state index is 13.5. The molecule has 5 rings (SSSR count). The fourth-order valence-corrected chi connectivity index (χ4v) is 6.19. The molecule has 0 bridgehead atoms. The van der Waals surface area contributed by atoms with Crippen LogP contribution in [-0.4, -0.2) is 50.3 Å². The number of aryl methyl sites for hydroxylation is 1. The Bertz CT molecular complexity index is 1740. The Hall–Kier alpha value is -5.70. The summed E-state index contributed by atoms with van der Waals surface area (Å²) in [6.07, 6.45) is 4.36. The molecule has 9 nitrogen and oxygen atoms in total. The standard InChI is InChI=1S/C41H44N4O5/c1-40(2,3)50-39(49)44-36(27-30-17-8-4-9-18-30)37(46)43-35(38(47)48)26-16-25-34-28-45(29-42-34)41(31-19-10-5-11-20-31,32-21-12-6-13-22-32)33-23-14-7-15-24-33/h4-15,17-24,28-29,35-36H,16,25-27H2,1-3H3,(H,43,46)(H,44,49)(H,47,48)/t35-,36+/m0/s1. The fourth-order valence-electron chi connectivity index (χ4n) is 6.19. The third kappa shape index (κ3) is 8.85. The molecule has 2 amide bonds. The molecule has 3 N–H and O–H groups in total. The number of aliphatic carboxylic acids is 1. The van der Waals surface area contributed by atoms with Gasteiger partial charge in [-0.05, 0) is 62.3 Å². The Balaban J connectivity index is 1.33. The van der Waals surface area contributed by atoms with E-state index in [-0.39, 0.29) is 12.8 Å². The summed E-state index contributed by atoms with van der Waals surface area (Å²) in [6, 6.07) is 37.9. The summed E-state index contributed by atoms with van der Waals surface area (Å²) in [5.41, 5.74) is 3.34. The molecule has 0 unspecified atom stereocenters. The monoisotopic (exact) mass is 672 g/mol. The van der Waals surface area contributed by atoms with Crippen LogP contribution in [0.25, 0.3) is 0 Å². The number of carboxylic acids is 1. The van der Waals surface area contributed by atoms with Gasteiger partial charge in [0.15, 0.2) is 0 Å². The lowest BCUT2D eigenvalue weighted by molar-refractivity contribution is -0.142. The summed E-state index contributed by atoms with van der Waals surface area (Å²) in [7, 11) is 0. The van der Waals surface area contributed by atoms with Gasteiger partial charge < -0.3 is 25.0 Å². The topological polar surface area (TPSA) is 123 Å². The highest BCUT2D eigenvalue weighted by atomic mass is 16.6. The first kappa shape index (κ1) is 35.6. The molecule has 9 heteroatoms. The lowest BCUT2D eigenvalue weighted by Gasteiger charge is -2.37. The van der Waals surface area contributed by atoms with Crippen molar-refractivity contribution in [2.75, 3.05) is 0 Å². The van der Waals surface area contributed by atoms with Gasteiger partial charge in [0, 0.05) is 12.6 Å². The molecule has 258 valence electrons. The van der Waals surface area contributed by atoms with E-state index in [1.165, 1.54) is 0 Å². The number of carboxylic acid groups (broad SMARTS) is 1. The zero-order valence-corrected chi connectivity index (χ0v) is 28.7. The van der Waals surface area contributed by atoms with E-state index in [9.17, 15) is 19.5 Å². The molecule has 1 heterocycles. The van der Waals surface area contributed by atoms with E-state index < -0.39 is 41.2 Å². The van der Waals surface area contributed by atoms with Gasteiger partial charge in [-0.3, -0.25) is 4.79 Å². The highest BCUT2D eigenvalue weighted by Crippen LogP contribution is 2.40. The third-order valence-corrected chi connectivity index (χ3v) is 8.43. The van der Waals surface area contributed by atoms with Crippen LogP contribution in [-0.2, 0) is 32.7 Å². The molecule has 0 aliphatic rings. The lowest BCUT2D eigenvalue weighted by Crippen LogP contribution is -2.53. The van der Waals surface area contributed by atoms with Gasteiger partial charge in [-0.15, -0.1) is 0 Å². The molecule has 0 saturated heterocycles. The summed E-state index contributed by atoms with van der Waals surface area (Å²) >= 11 is 0. The van der Waals surface area contributed by atoms with Crippen LogP contribution in [0.1, 0.15) is 61.6 Å². The summed E-state index contributed by atoms with van der Waals surface area (Å²) in [4.78, 5) is 43.2. The molecular formula is C41H44N4O5. The Kier molecular flexibility index (Phi) is 11.5. The molecule has 0 saturated carbocycles. The normalized spacial score (nSPS) is 12.8. The van der Waals surface area contributed by atoms with E-state index >= 15 is 0 Å². The van der Waals surface area contributed by atoms with Crippen molar-refractivity contribution in [3.63, 3.8) is 0 Å². The summed E-state index contributed by atoms with van der Waals surface area (Å²) in [5, 5.41) is 15.3. The second-order valence-corrected chi connectivity index (χ2v) is 13.3. The Morgan fingerprint density at radius 2 is 1.24 bits per heavy atom. The minimum absolute atomic E-state index is 0.166. The second-order valence-electron chi connectivity index (χ2n) is 13.3. The first-order valence-corrected chi connectivity index (χ1v) is 16.8. The molecule has 0 spiro atoms. The average Bonchev–Trinajstić information content (AvgIpc) is 3.58. The summed E-state index contributed by atoms with van der Waals surface area (Å²) in [6.45, 7) is 5.19. The maximum Gasteiger partial charge on any atom is 0.408 e. The van der Waals surface area contributed by atoms with Crippen molar-refractivity contribution in [2.45, 2.75) is 69.7 Å². The van der Waals surface area contributed by atoms with Gasteiger partial charge in [0.05, 0.1) is 12.0 Å². The molecule has 5 aromatic rings. The number of rotatable bonds is 14. The van der Waals surface area contributed by atoms with Gasteiger partial charge in [0.2, 0.25) is 5.91 Å². The third-order valence-electron chi connectivity index (χ3n) is 8.43. The SMILES string of the molecule is CC(C)(C)OC(=O)N[C@H](Cc1ccccc1)C(=O)N[C@@H](CCCc1cn(C(c2ccccc2)(c2ccccc2)c2ccccc2)cn1)C(=O)O. The Morgan fingerprint density at radius 1 is 0.740 bits per heavy atom. The number of nitrogens with one attached hydrogen (secondary N) is 2. The molecule has 50 heavy (non-hydrogen) atoms. The molecule has 0 radical (unpaired) electrons. The van der Waals surface area contributed by atoms with Gasteiger partial charge in [-0.25, -0.2) is 14.6 Å². The number of aromatic nitrogens is 2. The molecule has 1 aromatic heterocycles. The van der Waals surface area contributed by atoms with E-state index in [2.05, 4.69) is 51.6 Å². The van der Waals surface area contributed by atoms with Crippen molar-refractivity contribution in [1.29, 1.82) is 0 Å². The van der Waals surface area contributed by atoms with Crippen molar-refractivity contribution in [3.8, 4) is 0 Å². The van der Waals surface area contributed by atoms with E-state index in [1.807, 2.05) is 97.5 Å². The van der Waals surface area contributed by atoms with Crippen LogP contribution in [0.2, 0.25) is 0 Å². The number of hydrogen-bond donors (Lipinski definition) is 3. The maximum absolute atomic E-state index is 13.5. The number of hydrogen-bond acceptors (Lipinski definition) is 5. The number of amides is 2. The molecule has 0 aliphatic heterocycles. The van der Waals surface area contributed by atoms with Crippen LogP contribution in [0.3, 0.4) is 0 Å². The number of imidazole rings is 1. The minimum atomic E-state index is -1.17. The van der Waals surface area contributed by atoms with Gasteiger partial charge >= 0.3 is 12.1 Å². The molecule has 4 aromatic carbocycles. The van der Waals surface area contributed by atoms with Gasteiger partial charge in [-0.2, -0.15) is 0 Å². The Labute approximate surface area is 293 Å². The lowest BCUT2D eigenvalue weighted by atomic mass is 9.77. The van der Waals surface area contributed by atoms with E-state index in [4.69, 9.17) is 9.72 Å². The van der Waals surface area contributed by atoms with Gasteiger partial charge in [0.1, 0.15) is 23.2 Å². The zero-order chi connectivity index (χ0) is 35.6. The number of carbonyl (C=O) groups excluding carboxylic acids is 2. The highest BCUT2D eigenvalue weighted by Gasteiger charge is 2.38. The van der Waals surface area contributed by atoms with E-state index in [0.717, 1.165) is 27.9 Å². The molecule has 2 atom stereocenters. The van der Waals surface area contributed by atoms with Gasteiger partial charge in [0.25, 0.3) is 0 Å². The average molecular weight is 673 g/mol. The van der Waals surface area contributed by atoms with Crippen LogP contribution in [0, 0.1) is 0 Å². The van der Waals surface area contributed by atoms with E-state index in [1.54, 1.807) is 20.8 Å². The Morgan fingerprint density at radius 3 is 1.72 bits per heavy atom.